The molecule has 23 heavy (non-hydrogen) atoms. The van der Waals surface area contributed by atoms with Gasteiger partial charge in [-0.15, -0.1) is 0 Å². The summed E-state index contributed by atoms with van der Waals surface area (Å²) < 4.78 is 15.7. The second-order valence-electron chi connectivity index (χ2n) is 4.03. The van der Waals surface area contributed by atoms with Gasteiger partial charge in [0.05, 0.1) is 19.8 Å². The monoisotopic (exact) mass is 342 g/mol. The molecule has 0 aromatic rings. The largest absolute Gasteiger partial charge is 0.396 e. The van der Waals surface area contributed by atoms with Crippen molar-refractivity contribution in [1.29, 1.82) is 0 Å². The average molecular weight is 343 g/mol. The summed E-state index contributed by atoms with van der Waals surface area (Å²) in [6, 6.07) is 0. The molecule has 0 fully saturated rings. The first-order chi connectivity index (χ1) is 9.31. The lowest BCUT2D eigenvalue weighted by atomic mass is 10.2. The van der Waals surface area contributed by atoms with Gasteiger partial charge in [0, 0.05) is 45.9 Å². The molecular formula is C17H42O6. The highest BCUT2D eigenvalue weighted by Gasteiger charge is 2.00. The van der Waals surface area contributed by atoms with E-state index < -0.39 is 0 Å². The number of ketones is 1. The summed E-state index contributed by atoms with van der Waals surface area (Å²) in [4.78, 5) is 11.0. The van der Waals surface area contributed by atoms with E-state index in [0.717, 1.165) is 12.8 Å². The maximum atomic E-state index is 11.0. The third-order valence-corrected chi connectivity index (χ3v) is 2.31. The first-order valence-electron chi connectivity index (χ1n) is 6.78. The second kappa shape index (κ2) is 29.5. The molecule has 0 aliphatic rings. The van der Waals surface area contributed by atoms with Gasteiger partial charge in [0.1, 0.15) is 5.78 Å². The Kier molecular flexibility index (Phi) is 43.5. The van der Waals surface area contributed by atoms with Crippen LogP contribution in [0, 0.1) is 0 Å². The lowest BCUT2D eigenvalue weighted by Crippen LogP contribution is -2.08. The molecule has 0 atom stereocenters. The van der Waals surface area contributed by atoms with Crippen molar-refractivity contribution in [2.24, 2.45) is 0 Å². The molecule has 0 spiro atoms. The Bertz CT molecular complexity index is 200. The normalized spacial score (nSPS) is 8.96. The predicted molar refractivity (Wildman–Crippen MR) is 97.0 cm³/mol. The minimum Gasteiger partial charge on any atom is -0.396 e. The summed E-state index contributed by atoms with van der Waals surface area (Å²) in [5.74, 6) is 0.0293. The molecule has 0 aromatic carbocycles. The van der Waals surface area contributed by atoms with Crippen LogP contribution in [0.2, 0.25) is 0 Å². The molecule has 0 rings (SSSR count). The molecule has 0 amide bonds. The molecule has 0 radical (unpaired) electrons. The first kappa shape index (κ1) is 33.9. The molecule has 6 heteroatoms. The van der Waals surface area contributed by atoms with Gasteiger partial charge in [-0.25, -0.2) is 0 Å². The van der Waals surface area contributed by atoms with Crippen molar-refractivity contribution in [3.8, 4) is 0 Å². The summed E-state index contributed by atoms with van der Waals surface area (Å²) in [5, 5.41) is 17.0. The molecule has 0 aliphatic heterocycles. The fourth-order valence-corrected chi connectivity index (χ4v) is 1.33. The van der Waals surface area contributed by atoms with E-state index in [4.69, 9.17) is 24.4 Å². The van der Waals surface area contributed by atoms with Gasteiger partial charge >= 0.3 is 0 Å². The van der Waals surface area contributed by atoms with E-state index in [0.29, 0.717) is 46.1 Å². The maximum absolute atomic E-state index is 11.0. The van der Waals surface area contributed by atoms with E-state index in [1.165, 1.54) is 0 Å². The Labute approximate surface area is 144 Å². The average Bonchev–Trinajstić information content (AvgIpc) is 2.40. The Morgan fingerprint density at radius 1 is 0.609 bits per heavy atom. The number of Topliss-reactive ketones (excluding diaryl/α,β-unsaturated/α-hetero) is 1. The smallest absolute Gasteiger partial charge is 0.137 e. The van der Waals surface area contributed by atoms with Crippen LogP contribution in [0.25, 0.3) is 0 Å². The number of ether oxygens (including phenoxy) is 3. The number of rotatable bonds is 15. The van der Waals surface area contributed by atoms with Gasteiger partial charge < -0.3 is 24.4 Å². The highest BCUT2D eigenvalue weighted by molar-refractivity contribution is 5.78. The minimum absolute atomic E-state index is 0. The van der Waals surface area contributed by atoms with Gasteiger partial charge in [-0.05, 0) is 12.8 Å². The Hall–Kier alpha value is -0.530. The second-order valence-corrected chi connectivity index (χ2v) is 4.03. The number of carbonyl (C=O) groups excluding carboxylic acids is 1. The van der Waals surface area contributed by atoms with Gasteiger partial charge in [-0.2, -0.15) is 0 Å². The predicted octanol–water partition coefficient (Wildman–Crippen LogP) is 2.69. The lowest BCUT2D eigenvalue weighted by Gasteiger charge is -2.06. The summed E-state index contributed by atoms with van der Waals surface area (Å²) in [5.41, 5.74) is 0. The van der Waals surface area contributed by atoms with Crippen LogP contribution in [0.1, 0.15) is 55.4 Å². The topological polar surface area (TPSA) is 85.2 Å². The molecule has 0 heterocycles. The van der Waals surface area contributed by atoms with Gasteiger partial charge in [0.15, 0.2) is 0 Å². The van der Waals surface area contributed by atoms with Crippen molar-refractivity contribution < 1.29 is 29.2 Å². The third-order valence-electron chi connectivity index (χ3n) is 2.31. The van der Waals surface area contributed by atoms with Crippen LogP contribution in [-0.4, -0.2) is 68.9 Å². The zero-order valence-electron chi connectivity index (χ0n) is 11.5. The number of hydrogen-bond donors (Lipinski definition) is 2. The van der Waals surface area contributed by atoms with Crippen LogP contribution < -0.4 is 0 Å². The van der Waals surface area contributed by atoms with Crippen molar-refractivity contribution in [2.75, 3.05) is 52.9 Å². The fraction of sp³-hybridized carbons (Fsp3) is 0.941. The Balaban J connectivity index is -0.000000270. The molecule has 0 saturated carbocycles. The van der Waals surface area contributed by atoms with Gasteiger partial charge in [-0.3, -0.25) is 4.79 Å². The van der Waals surface area contributed by atoms with Crippen LogP contribution >= 0.6 is 0 Å². The Morgan fingerprint density at radius 2 is 1.04 bits per heavy atom. The zero-order valence-corrected chi connectivity index (χ0v) is 11.5. The molecule has 0 unspecified atom stereocenters. The van der Waals surface area contributed by atoms with Crippen molar-refractivity contribution >= 4 is 5.78 Å². The molecule has 146 valence electrons. The van der Waals surface area contributed by atoms with Gasteiger partial charge in [0.25, 0.3) is 0 Å². The number of aliphatic hydroxyl groups is 2. The highest BCUT2D eigenvalue weighted by atomic mass is 16.5. The quantitative estimate of drug-likeness (QED) is 0.445. The summed E-state index contributed by atoms with van der Waals surface area (Å²) in [6.45, 7) is 3.20. The van der Waals surface area contributed by atoms with Crippen molar-refractivity contribution in [1.82, 2.24) is 0 Å². The van der Waals surface area contributed by atoms with E-state index in [2.05, 4.69) is 0 Å². The van der Waals surface area contributed by atoms with Crippen LogP contribution in [0.3, 0.4) is 0 Å². The van der Waals surface area contributed by atoms with Crippen LogP contribution in [0.15, 0.2) is 0 Å². The summed E-state index contributed by atoms with van der Waals surface area (Å²) in [7, 11) is 0. The Morgan fingerprint density at radius 3 is 1.48 bits per heavy atom. The number of hydrogen-bond acceptors (Lipinski definition) is 6. The molecule has 6 nitrogen and oxygen atoms in total. The fourth-order valence-electron chi connectivity index (χ4n) is 1.33. The SMILES string of the molecule is C.C.C.C.O=C(CCO)CCOCCCOCCCOCCO. The molecule has 0 bridgehead atoms. The molecule has 0 aliphatic carbocycles. The molecule has 0 saturated heterocycles. The zero-order chi connectivity index (χ0) is 14.2. The minimum atomic E-state index is -0.0886. The summed E-state index contributed by atoms with van der Waals surface area (Å²) >= 11 is 0. The standard InChI is InChI=1S/C13H26O6.4CH4/c14-5-3-13(16)4-11-18-9-1-7-17-8-2-10-19-12-6-15;;;;/h14-15H,1-12H2;4*1H4. The van der Waals surface area contributed by atoms with Crippen molar-refractivity contribution in [3.63, 3.8) is 0 Å². The maximum Gasteiger partial charge on any atom is 0.137 e. The van der Waals surface area contributed by atoms with Crippen LogP contribution in [0.4, 0.5) is 0 Å². The third kappa shape index (κ3) is 30.0. The van der Waals surface area contributed by atoms with E-state index >= 15 is 0 Å². The highest BCUT2D eigenvalue weighted by Crippen LogP contribution is 1.93. The molecular weight excluding hydrogens is 300 g/mol. The number of aliphatic hydroxyl groups excluding tert-OH is 2. The van der Waals surface area contributed by atoms with Gasteiger partial charge in [-0.1, -0.05) is 29.7 Å². The molecule has 2 N–H and O–H groups in total. The lowest BCUT2D eigenvalue weighted by molar-refractivity contribution is -0.120. The van der Waals surface area contributed by atoms with E-state index in [-0.39, 0.29) is 55.1 Å². The van der Waals surface area contributed by atoms with E-state index in [1.54, 1.807) is 0 Å². The molecule has 0 aromatic heterocycles. The first-order valence-corrected chi connectivity index (χ1v) is 6.78. The van der Waals surface area contributed by atoms with Crippen LogP contribution in [-0.2, 0) is 19.0 Å². The van der Waals surface area contributed by atoms with E-state index in [1.807, 2.05) is 0 Å². The van der Waals surface area contributed by atoms with Gasteiger partial charge in [0.2, 0.25) is 0 Å². The van der Waals surface area contributed by atoms with E-state index in [9.17, 15) is 4.79 Å². The van der Waals surface area contributed by atoms with Crippen molar-refractivity contribution in [3.05, 3.63) is 0 Å². The summed E-state index contributed by atoms with van der Waals surface area (Å²) in [6.07, 6.45) is 2.19. The van der Waals surface area contributed by atoms with Crippen molar-refractivity contribution in [2.45, 2.75) is 55.4 Å². The van der Waals surface area contributed by atoms with Crippen LogP contribution in [0.5, 0.6) is 0 Å². The number of carbonyl (C=O) groups is 1.